The standard InChI is InChI=1S/C11H18N4OS/c1-8-4-3-5-9(12-2)11(16)15(8)6-10-13-7-17-14-10/h7-9,12H,3-6H2,1-2H3. The number of amides is 1. The number of aromatic nitrogens is 2. The van der Waals surface area contributed by atoms with E-state index in [4.69, 9.17) is 0 Å². The van der Waals surface area contributed by atoms with Crippen molar-refractivity contribution in [3.8, 4) is 0 Å². The van der Waals surface area contributed by atoms with Crippen molar-refractivity contribution in [3.63, 3.8) is 0 Å². The monoisotopic (exact) mass is 254 g/mol. The topological polar surface area (TPSA) is 58.1 Å². The molecule has 1 aromatic heterocycles. The highest BCUT2D eigenvalue weighted by Gasteiger charge is 2.30. The van der Waals surface area contributed by atoms with Crippen molar-refractivity contribution < 1.29 is 4.79 Å². The van der Waals surface area contributed by atoms with Gasteiger partial charge in [-0.25, -0.2) is 4.98 Å². The number of hydrogen-bond acceptors (Lipinski definition) is 5. The maximum atomic E-state index is 12.3. The highest BCUT2D eigenvalue weighted by atomic mass is 32.1. The normalized spacial score (nSPS) is 26.0. The second-order valence-electron chi connectivity index (χ2n) is 4.43. The summed E-state index contributed by atoms with van der Waals surface area (Å²) < 4.78 is 4.18. The lowest BCUT2D eigenvalue weighted by molar-refractivity contribution is -0.135. The van der Waals surface area contributed by atoms with E-state index in [1.807, 2.05) is 11.9 Å². The molecule has 1 aliphatic heterocycles. The molecular formula is C11H18N4OS. The number of carbonyl (C=O) groups excluding carboxylic acids is 1. The van der Waals surface area contributed by atoms with E-state index in [0.29, 0.717) is 6.54 Å². The summed E-state index contributed by atoms with van der Waals surface area (Å²) >= 11 is 1.33. The Bertz CT molecular complexity index is 368. The van der Waals surface area contributed by atoms with E-state index in [1.165, 1.54) is 11.5 Å². The zero-order chi connectivity index (χ0) is 12.3. The molecule has 17 heavy (non-hydrogen) atoms. The molecule has 6 heteroatoms. The average Bonchev–Trinajstić information content (AvgIpc) is 2.79. The third-order valence-electron chi connectivity index (χ3n) is 3.30. The number of nitrogens with one attached hydrogen (secondary N) is 1. The molecule has 1 aromatic rings. The van der Waals surface area contributed by atoms with Crippen molar-refractivity contribution in [2.45, 2.75) is 44.8 Å². The summed E-state index contributed by atoms with van der Waals surface area (Å²) in [6, 6.07) is 0.211. The van der Waals surface area contributed by atoms with Gasteiger partial charge < -0.3 is 10.2 Å². The van der Waals surface area contributed by atoms with Crippen molar-refractivity contribution in [1.82, 2.24) is 19.6 Å². The zero-order valence-corrected chi connectivity index (χ0v) is 11.0. The molecule has 0 saturated carbocycles. The van der Waals surface area contributed by atoms with Crippen molar-refractivity contribution in [1.29, 1.82) is 0 Å². The maximum Gasteiger partial charge on any atom is 0.240 e. The largest absolute Gasteiger partial charge is 0.331 e. The minimum Gasteiger partial charge on any atom is -0.331 e. The van der Waals surface area contributed by atoms with Gasteiger partial charge in [0.1, 0.15) is 5.51 Å². The van der Waals surface area contributed by atoms with E-state index in [0.717, 1.165) is 25.1 Å². The number of carbonyl (C=O) groups is 1. The summed E-state index contributed by atoms with van der Waals surface area (Å²) in [6.07, 6.45) is 3.05. The van der Waals surface area contributed by atoms with Crippen LogP contribution in [0.2, 0.25) is 0 Å². The Morgan fingerprint density at radius 1 is 1.59 bits per heavy atom. The Labute approximate surface area is 105 Å². The van der Waals surface area contributed by atoms with Crippen LogP contribution in [0.1, 0.15) is 32.0 Å². The summed E-state index contributed by atoms with van der Waals surface area (Å²) in [7, 11) is 1.85. The van der Waals surface area contributed by atoms with Crippen molar-refractivity contribution in [2.75, 3.05) is 7.05 Å². The first-order valence-corrected chi connectivity index (χ1v) is 6.79. The first kappa shape index (κ1) is 12.4. The van der Waals surface area contributed by atoms with Crippen molar-refractivity contribution >= 4 is 17.4 Å². The summed E-state index contributed by atoms with van der Waals surface area (Å²) in [4.78, 5) is 18.4. The van der Waals surface area contributed by atoms with Gasteiger partial charge in [0.15, 0.2) is 5.82 Å². The van der Waals surface area contributed by atoms with E-state index in [-0.39, 0.29) is 18.0 Å². The average molecular weight is 254 g/mol. The number of likely N-dealkylation sites (N-methyl/N-ethyl adjacent to an activating group) is 1. The fourth-order valence-electron chi connectivity index (χ4n) is 2.23. The van der Waals surface area contributed by atoms with E-state index < -0.39 is 0 Å². The zero-order valence-electron chi connectivity index (χ0n) is 10.2. The van der Waals surface area contributed by atoms with Gasteiger partial charge in [-0.15, -0.1) is 0 Å². The molecule has 1 fully saturated rings. The molecule has 1 N–H and O–H groups in total. The van der Waals surface area contributed by atoms with Crippen LogP contribution in [0, 0.1) is 0 Å². The molecule has 0 aliphatic carbocycles. The highest BCUT2D eigenvalue weighted by molar-refractivity contribution is 7.03. The molecule has 0 bridgehead atoms. The summed E-state index contributed by atoms with van der Waals surface area (Å²) in [5.41, 5.74) is 1.71. The molecule has 0 spiro atoms. The molecule has 1 saturated heterocycles. The van der Waals surface area contributed by atoms with Crippen LogP contribution in [0.4, 0.5) is 0 Å². The van der Waals surface area contributed by atoms with Crippen LogP contribution in [-0.4, -0.2) is 39.3 Å². The summed E-state index contributed by atoms with van der Waals surface area (Å²) in [5, 5.41) is 3.09. The summed E-state index contributed by atoms with van der Waals surface area (Å²) in [6.45, 7) is 2.63. The third kappa shape index (κ3) is 2.81. The van der Waals surface area contributed by atoms with Gasteiger partial charge in [0.05, 0.1) is 12.6 Å². The second-order valence-corrected chi connectivity index (χ2v) is 5.04. The highest BCUT2D eigenvalue weighted by Crippen LogP contribution is 2.19. The Balaban J connectivity index is 2.12. The van der Waals surface area contributed by atoms with Crippen LogP contribution < -0.4 is 5.32 Å². The van der Waals surface area contributed by atoms with Gasteiger partial charge in [0.2, 0.25) is 5.91 Å². The van der Waals surface area contributed by atoms with Gasteiger partial charge in [-0.3, -0.25) is 4.79 Å². The van der Waals surface area contributed by atoms with Crippen molar-refractivity contribution in [3.05, 3.63) is 11.3 Å². The molecule has 5 nitrogen and oxygen atoms in total. The molecule has 0 aromatic carbocycles. The lowest BCUT2D eigenvalue weighted by Gasteiger charge is -2.28. The molecule has 2 rings (SSSR count). The van der Waals surface area contributed by atoms with Crippen LogP contribution in [0.25, 0.3) is 0 Å². The molecule has 1 aliphatic rings. The lowest BCUT2D eigenvalue weighted by Crippen LogP contribution is -2.46. The SMILES string of the molecule is CNC1CCCC(C)N(Cc2ncsn2)C1=O. The minimum absolute atomic E-state index is 0.0569. The van der Waals surface area contributed by atoms with Crippen LogP contribution in [-0.2, 0) is 11.3 Å². The molecular weight excluding hydrogens is 236 g/mol. The summed E-state index contributed by atoms with van der Waals surface area (Å²) in [5.74, 6) is 0.916. The first-order valence-electron chi connectivity index (χ1n) is 5.95. The molecule has 94 valence electrons. The number of hydrogen-bond donors (Lipinski definition) is 1. The van der Waals surface area contributed by atoms with Crippen LogP contribution in [0.3, 0.4) is 0 Å². The molecule has 1 amide bonds. The Hall–Kier alpha value is -1.01. The minimum atomic E-state index is -0.0569. The van der Waals surface area contributed by atoms with E-state index in [1.54, 1.807) is 5.51 Å². The van der Waals surface area contributed by atoms with Gasteiger partial charge >= 0.3 is 0 Å². The van der Waals surface area contributed by atoms with Crippen molar-refractivity contribution in [2.24, 2.45) is 0 Å². The molecule has 2 atom stereocenters. The third-order valence-corrected chi connectivity index (χ3v) is 3.81. The van der Waals surface area contributed by atoms with Gasteiger partial charge in [0.25, 0.3) is 0 Å². The maximum absolute atomic E-state index is 12.3. The Morgan fingerprint density at radius 2 is 2.41 bits per heavy atom. The van der Waals surface area contributed by atoms with Gasteiger partial charge in [-0.2, -0.15) is 4.37 Å². The molecule has 2 unspecified atom stereocenters. The predicted molar refractivity (Wildman–Crippen MR) is 66.6 cm³/mol. The van der Waals surface area contributed by atoms with Gasteiger partial charge in [-0.1, -0.05) is 0 Å². The van der Waals surface area contributed by atoms with Crippen LogP contribution in [0.15, 0.2) is 5.51 Å². The number of rotatable bonds is 3. The van der Waals surface area contributed by atoms with E-state index in [2.05, 4.69) is 21.6 Å². The quantitative estimate of drug-likeness (QED) is 0.875. The van der Waals surface area contributed by atoms with E-state index in [9.17, 15) is 4.79 Å². The number of likely N-dealkylation sites (tertiary alicyclic amines) is 1. The fraction of sp³-hybridized carbons (Fsp3) is 0.727. The first-order chi connectivity index (χ1) is 8.22. The molecule has 2 heterocycles. The van der Waals surface area contributed by atoms with E-state index >= 15 is 0 Å². The second kappa shape index (κ2) is 5.55. The van der Waals surface area contributed by atoms with Gasteiger partial charge in [0, 0.05) is 6.04 Å². The Kier molecular flexibility index (Phi) is 4.06. The van der Waals surface area contributed by atoms with Gasteiger partial charge in [-0.05, 0) is 44.8 Å². The predicted octanol–water partition coefficient (Wildman–Crippen LogP) is 1.03. The van der Waals surface area contributed by atoms with Crippen LogP contribution in [0.5, 0.6) is 0 Å². The fourth-order valence-corrected chi connectivity index (χ4v) is 2.67. The Morgan fingerprint density at radius 3 is 3.06 bits per heavy atom. The molecule has 0 radical (unpaired) electrons. The van der Waals surface area contributed by atoms with Crippen LogP contribution >= 0.6 is 11.5 Å². The smallest absolute Gasteiger partial charge is 0.240 e. The number of nitrogens with zero attached hydrogens (tertiary/aromatic N) is 3. The lowest BCUT2D eigenvalue weighted by atomic mass is 10.1.